The Hall–Kier alpha value is -3.62. The number of aliphatic imine (C=N–C) groups is 2. The topological polar surface area (TPSA) is 155 Å². The van der Waals surface area contributed by atoms with Crippen LogP contribution < -0.4 is 21.9 Å². The average Bonchev–Trinajstić information content (AvgIpc) is 2.44. The van der Waals surface area contributed by atoms with Gasteiger partial charge in [0.05, 0.1) is 16.7 Å². The third kappa shape index (κ3) is 5.20. The molecular formula is C16H18N6O3. The van der Waals surface area contributed by atoms with Gasteiger partial charge in [-0.1, -0.05) is 6.07 Å². The summed E-state index contributed by atoms with van der Waals surface area (Å²) in [6.45, 7) is 3.86. The Morgan fingerprint density at radius 1 is 1.00 bits per heavy atom. The van der Waals surface area contributed by atoms with E-state index in [4.69, 9.17) is 21.9 Å². The van der Waals surface area contributed by atoms with Crippen molar-refractivity contribution in [2.24, 2.45) is 27.2 Å². The summed E-state index contributed by atoms with van der Waals surface area (Å²) in [5.41, 5.74) is 18.0. The lowest BCUT2D eigenvalue weighted by molar-refractivity contribution is -0.384. The third-order valence-electron chi connectivity index (χ3n) is 3.01. The minimum absolute atomic E-state index is 0.191. The molecule has 6 N–H and O–H groups in total. The molecule has 130 valence electrons. The van der Waals surface area contributed by atoms with Gasteiger partial charge < -0.3 is 21.9 Å². The van der Waals surface area contributed by atoms with Crippen molar-refractivity contribution in [1.82, 2.24) is 0 Å². The second-order valence-corrected chi connectivity index (χ2v) is 5.37. The molecule has 25 heavy (non-hydrogen) atoms. The molecule has 0 aliphatic heterocycles. The molecule has 0 atom stereocenters. The second kappa shape index (κ2) is 7.30. The number of guanidine groups is 2. The Balaban J connectivity index is 2.44. The van der Waals surface area contributed by atoms with Crippen molar-refractivity contribution >= 4 is 23.3 Å². The molecule has 0 aliphatic rings. The van der Waals surface area contributed by atoms with Gasteiger partial charge in [0.15, 0.2) is 5.96 Å². The zero-order valence-electron chi connectivity index (χ0n) is 13.8. The number of aryl methyl sites for hydroxylation is 2. The average molecular weight is 342 g/mol. The zero-order valence-corrected chi connectivity index (χ0v) is 13.8. The van der Waals surface area contributed by atoms with E-state index >= 15 is 0 Å². The summed E-state index contributed by atoms with van der Waals surface area (Å²) in [6.07, 6.45) is 0. The van der Waals surface area contributed by atoms with Gasteiger partial charge in [0, 0.05) is 12.1 Å². The van der Waals surface area contributed by atoms with Crippen LogP contribution in [0.2, 0.25) is 0 Å². The SMILES string of the molecule is Cc1cc(C)cc(Oc2cc(N=C(N)N=C(N)N)cc([N+](=O)[O-])c2)c1. The van der Waals surface area contributed by atoms with E-state index in [1.807, 2.05) is 32.0 Å². The summed E-state index contributed by atoms with van der Waals surface area (Å²) in [5.74, 6) is 0.316. The molecule has 0 saturated heterocycles. The first kappa shape index (κ1) is 17.7. The first-order valence-corrected chi connectivity index (χ1v) is 7.22. The summed E-state index contributed by atoms with van der Waals surface area (Å²) in [4.78, 5) is 18.1. The van der Waals surface area contributed by atoms with E-state index in [9.17, 15) is 10.1 Å². The molecule has 0 aromatic heterocycles. The molecule has 0 saturated carbocycles. The van der Waals surface area contributed by atoms with E-state index in [1.165, 1.54) is 18.2 Å². The number of rotatable bonds is 4. The van der Waals surface area contributed by atoms with Gasteiger partial charge in [-0.25, -0.2) is 4.99 Å². The molecule has 0 unspecified atom stereocenters. The Morgan fingerprint density at radius 3 is 2.16 bits per heavy atom. The number of nitrogens with two attached hydrogens (primary N) is 3. The number of benzene rings is 2. The molecule has 0 amide bonds. The maximum Gasteiger partial charge on any atom is 0.275 e. The summed E-state index contributed by atoms with van der Waals surface area (Å²) >= 11 is 0. The van der Waals surface area contributed by atoms with Crippen molar-refractivity contribution in [2.75, 3.05) is 0 Å². The van der Waals surface area contributed by atoms with Crippen molar-refractivity contribution in [3.05, 3.63) is 57.6 Å². The van der Waals surface area contributed by atoms with E-state index in [0.29, 0.717) is 5.75 Å². The molecule has 0 bridgehead atoms. The number of nitro benzene ring substituents is 1. The quantitative estimate of drug-likeness (QED) is 0.335. The van der Waals surface area contributed by atoms with Gasteiger partial charge in [-0.2, -0.15) is 4.99 Å². The van der Waals surface area contributed by atoms with E-state index in [2.05, 4.69) is 9.98 Å². The number of hydrogen-bond donors (Lipinski definition) is 3. The van der Waals surface area contributed by atoms with Crippen molar-refractivity contribution in [1.29, 1.82) is 0 Å². The standard InChI is InChI=1S/C16H18N6O3/c1-9-3-10(2)5-13(4-9)25-14-7-11(6-12(8-14)22(23)24)20-16(19)21-15(17)18/h3-8H,1-2H3,(H6,17,18,19,20,21). The summed E-state index contributed by atoms with van der Waals surface area (Å²) in [5, 5.41) is 11.1. The van der Waals surface area contributed by atoms with Crippen molar-refractivity contribution in [2.45, 2.75) is 13.8 Å². The summed E-state index contributed by atoms with van der Waals surface area (Å²) in [7, 11) is 0. The van der Waals surface area contributed by atoms with E-state index in [0.717, 1.165) is 11.1 Å². The van der Waals surface area contributed by atoms with Crippen LogP contribution in [0.3, 0.4) is 0 Å². The van der Waals surface area contributed by atoms with Crippen molar-refractivity contribution in [3.8, 4) is 11.5 Å². The fraction of sp³-hybridized carbons (Fsp3) is 0.125. The summed E-state index contributed by atoms with van der Waals surface area (Å²) in [6, 6.07) is 9.67. The fourth-order valence-corrected chi connectivity index (χ4v) is 2.21. The highest BCUT2D eigenvalue weighted by molar-refractivity contribution is 5.93. The number of ether oxygens (including phenoxy) is 1. The molecule has 0 fully saturated rings. The summed E-state index contributed by atoms with van der Waals surface area (Å²) < 4.78 is 5.73. The lowest BCUT2D eigenvalue weighted by Gasteiger charge is -2.08. The van der Waals surface area contributed by atoms with Crippen LogP contribution >= 0.6 is 0 Å². The molecule has 0 heterocycles. The molecule has 9 nitrogen and oxygen atoms in total. The van der Waals surface area contributed by atoms with Crippen LogP contribution in [-0.2, 0) is 0 Å². The zero-order chi connectivity index (χ0) is 18.6. The maximum atomic E-state index is 11.1. The minimum Gasteiger partial charge on any atom is -0.457 e. The highest BCUT2D eigenvalue weighted by atomic mass is 16.6. The van der Waals surface area contributed by atoms with Gasteiger partial charge in [0.25, 0.3) is 5.69 Å². The Morgan fingerprint density at radius 2 is 1.60 bits per heavy atom. The first-order chi connectivity index (χ1) is 11.7. The Kier molecular flexibility index (Phi) is 5.18. The Bertz CT molecular complexity index is 852. The fourth-order valence-electron chi connectivity index (χ4n) is 2.21. The van der Waals surface area contributed by atoms with Gasteiger partial charge >= 0.3 is 0 Å². The molecule has 0 spiro atoms. The van der Waals surface area contributed by atoms with Gasteiger partial charge in [-0.15, -0.1) is 0 Å². The smallest absolute Gasteiger partial charge is 0.275 e. The molecule has 2 aromatic carbocycles. The molecule has 0 radical (unpaired) electrons. The lowest BCUT2D eigenvalue weighted by Crippen LogP contribution is -2.26. The largest absolute Gasteiger partial charge is 0.457 e. The third-order valence-corrected chi connectivity index (χ3v) is 3.01. The molecule has 2 rings (SSSR count). The normalized spacial score (nSPS) is 11.0. The molecular weight excluding hydrogens is 324 g/mol. The van der Waals surface area contributed by atoms with Crippen molar-refractivity contribution < 1.29 is 9.66 Å². The van der Waals surface area contributed by atoms with Crippen LogP contribution in [0.5, 0.6) is 11.5 Å². The second-order valence-electron chi connectivity index (χ2n) is 5.37. The van der Waals surface area contributed by atoms with Crippen LogP contribution in [-0.4, -0.2) is 16.8 Å². The highest BCUT2D eigenvalue weighted by Crippen LogP contribution is 2.31. The van der Waals surface area contributed by atoms with Gasteiger partial charge in [-0.05, 0) is 37.1 Å². The minimum atomic E-state index is -0.551. The number of non-ortho nitro benzene ring substituents is 1. The maximum absolute atomic E-state index is 11.1. The lowest BCUT2D eigenvalue weighted by atomic mass is 10.1. The van der Waals surface area contributed by atoms with Crippen LogP contribution in [0.4, 0.5) is 11.4 Å². The molecule has 2 aromatic rings. The number of hydrogen-bond acceptors (Lipinski definition) is 4. The van der Waals surface area contributed by atoms with Crippen LogP contribution in [0.15, 0.2) is 46.4 Å². The monoisotopic (exact) mass is 342 g/mol. The predicted molar refractivity (Wildman–Crippen MR) is 96.2 cm³/mol. The van der Waals surface area contributed by atoms with Gasteiger partial charge in [0.1, 0.15) is 11.5 Å². The van der Waals surface area contributed by atoms with E-state index in [1.54, 1.807) is 0 Å². The van der Waals surface area contributed by atoms with Crippen LogP contribution in [0.25, 0.3) is 0 Å². The highest BCUT2D eigenvalue weighted by Gasteiger charge is 2.12. The van der Waals surface area contributed by atoms with E-state index in [-0.39, 0.29) is 29.0 Å². The van der Waals surface area contributed by atoms with Crippen LogP contribution in [0.1, 0.15) is 11.1 Å². The van der Waals surface area contributed by atoms with Crippen LogP contribution in [0, 0.1) is 24.0 Å². The van der Waals surface area contributed by atoms with Gasteiger partial charge in [-0.3, -0.25) is 10.1 Å². The predicted octanol–water partition coefficient (Wildman–Crippen LogP) is 2.22. The van der Waals surface area contributed by atoms with Crippen molar-refractivity contribution in [3.63, 3.8) is 0 Å². The van der Waals surface area contributed by atoms with Gasteiger partial charge in [0.2, 0.25) is 5.96 Å². The first-order valence-electron chi connectivity index (χ1n) is 7.22. The number of nitro groups is 1. The molecule has 0 aliphatic carbocycles. The number of nitrogens with zero attached hydrogens (tertiary/aromatic N) is 3. The Labute approximate surface area is 144 Å². The van der Waals surface area contributed by atoms with E-state index < -0.39 is 4.92 Å². The molecule has 9 heteroatoms.